The Morgan fingerprint density at radius 3 is 2.68 bits per heavy atom. The molecule has 0 atom stereocenters. The molecule has 0 aliphatic rings. The number of hydrogen-bond acceptors (Lipinski definition) is 5. The summed E-state index contributed by atoms with van der Waals surface area (Å²) in [6, 6.07) is 14.5. The van der Waals surface area contributed by atoms with E-state index in [0.717, 1.165) is 0 Å². The van der Waals surface area contributed by atoms with Crippen molar-refractivity contribution in [3.8, 4) is 11.8 Å². The molecule has 0 saturated heterocycles. The SMILES string of the molecule is CCOc1ccccc1/C=C(/C#N)C(=O)Nc1cccc(C(=O)[O-])c1. The van der Waals surface area contributed by atoms with Gasteiger partial charge in [-0.2, -0.15) is 5.26 Å². The van der Waals surface area contributed by atoms with Crippen LogP contribution >= 0.6 is 0 Å². The fourth-order valence-corrected chi connectivity index (χ4v) is 2.11. The zero-order valence-electron chi connectivity index (χ0n) is 13.5. The number of aromatic carboxylic acids is 1. The minimum Gasteiger partial charge on any atom is -0.545 e. The second kappa shape index (κ2) is 8.31. The molecule has 2 rings (SSSR count). The van der Waals surface area contributed by atoms with Gasteiger partial charge < -0.3 is 20.0 Å². The average molecular weight is 335 g/mol. The van der Waals surface area contributed by atoms with Crippen molar-refractivity contribution in [2.45, 2.75) is 6.92 Å². The molecule has 0 fully saturated rings. The van der Waals surface area contributed by atoms with Gasteiger partial charge in [0.2, 0.25) is 0 Å². The first-order valence-corrected chi connectivity index (χ1v) is 7.51. The highest BCUT2D eigenvalue weighted by Crippen LogP contribution is 2.21. The highest BCUT2D eigenvalue weighted by Gasteiger charge is 2.11. The molecule has 0 aromatic heterocycles. The number of carboxylic acids is 1. The normalized spacial score (nSPS) is 10.6. The summed E-state index contributed by atoms with van der Waals surface area (Å²) in [5, 5.41) is 22.6. The van der Waals surface area contributed by atoms with Gasteiger partial charge in [-0.15, -0.1) is 0 Å². The topological polar surface area (TPSA) is 102 Å². The maximum absolute atomic E-state index is 12.3. The first kappa shape index (κ1) is 17.8. The summed E-state index contributed by atoms with van der Waals surface area (Å²) >= 11 is 0. The van der Waals surface area contributed by atoms with Crippen LogP contribution in [0.5, 0.6) is 5.75 Å². The molecule has 25 heavy (non-hydrogen) atoms. The van der Waals surface area contributed by atoms with E-state index in [2.05, 4.69) is 5.32 Å². The Hall–Kier alpha value is -3.59. The highest BCUT2D eigenvalue weighted by atomic mass is 16.5. The summed E-state index contributed by atoms with van der Waals surface area (Å²) in [5.74, 6) is -1.44. The first-order chi connectivity index (χ1) is 12.0. The third kappa shape index (κ3) is 4.69. The van der Waals surface area contributed by atoms with Crippen molar-refractivity contribution in [3.63, 3.8) is 0 Å². The van der Waals surface area contributed by atoms with Gasteiger partial charge in [-0.25, -0.2) is 0 Å². The van der Waals surface area contributed by atoms with Crippen molar-refractivity contribution in [3.05, 3.63) is 65.2 Å². The Balaban J connectivity index is 2.26. The van der Waals surface area contributed by atoms with E-state index in [-0.39, 0.29) is 16.8 Å². The summed E-state index contributed by atoms with van der Waals surface area (Å²) in [4.78, 5) is 23.2. The van der Waals surface area contributed by atoms with Gasteiger partial charge in [0.15, 0.2) is 0 Å². The summed E-state index contributed by atoms with van der Waals surface area (Å²) < 4.78 is 5.46. The van der Waals surface area contributed by atoms with E-state index in [1.807, 2.05) is 13.0 Å². The molecule has 0 aliphatic carbocycles. The second-order valence-corrected chi connectivity index (χ2v) is 4.96. The number of nitrogens with zero attached hydrogens (tertiary/aromatic N) is 1. The van der Waals surface area contributed by atoms with Crippen molar-refractivity contribution in [1.29, 1.82) is 5.26 Å². The van der Waals surface area contributed by atoms with Crippen molar-refractivity contribution in [1.82, 2.24) is 0 Å². The van der Waals surface area contributed by atoms with E-state index < -0.39 is 11.9 Å². The van der Waals surface area contributed by atoms with Crippen LogP contribution in [0, 0.1) is 11.3 Å². The molecular weight excluding hydrogens is 320 g/mol. The van der Waals surface area contributed by atoms with Crippen LogP contribution in [0.3, 0.4) is 0 Å². The van der Waals surface area contributed by atoms with Crippen molar-refractivity contribution < 1.29 is 19.4 Å². The molecule has 1 N–H and O–H groups in total. The highest BCUT2D eigenvalue weighted by molar-refractivity contribution is 6.10. The molecule has 0 radical (unpaired) electrons. The van der Waals surface area contributed by atoms with E-state index >= 15 is 0 Å². The molecule has 0 saturated carbocycles. The average Bonchev–Trinajstić information content (AvgIpc) is 2.61. The van der Waals surface area contributed by atoms with Crippen molar-refractivity contribution in [2.24, 2.45) is 0 Å². The fourth-order valence-electron chi connectivity index (χ4n) is 2.11. The number of nitrogens with one attached hydrogen (secondary N) is 1. The molecule has 2 aromatic carbocycles. The maximum atomic E-state index is 12.3. The van der Waals surface area contributed by atoms with Gasteiger partial charge in [0.05, 0.1) is 12.6 Å². The first-order valence-electron chi connectivity index (χ1n) is 7.51. The predicted molar refractivity (Wildman–Crippen MR) is 90.6 cm³/mol. The molecule has 0 spiro atoms. The van der Waals surface area contributed by atoms with Gasteiger partial charge in [-0.3, -0.25) is 4.79 Å². The summed E-state index contributed by atoms with van der Waals surface area (Å²) in [6.07, 6.45) is 1.42. The molecule has 126 valence electrons. The number of rotatable bonds is 6. The number of hydrogen-bond donors (Lipinski definition) is 1. The largest absolute Gasteiger partial charge is 0.545 e. The number of carbonyl (C=O) groups excluding carboxylic acids is 2. The lowest BCUT2D eigenvalue weighted by Gasteiger charge is -2.09. The van der Waals surface area contributed by atoms with Crippen LogP contribution in [0.4, 0.5) is 5.69 Å². The lowest BCUT2D eigenvalue weighted by molar-refractivity contribution is -0.255. The van der Waals surface area contributed by atoms with Crippen molar-refractivity contribution in [2.75, 3.05) is 11.9 Å². The van der Waals surface area contributed by atoms with Crippen LogP contribution in [0.15, 0.2) is 54.1 Å². The molecule has 6 nitrogen and oxygen atoms in total. The number of benzene rings is 2. The van der Waals surface area contributed by atoms with Crippen LogP contribution in [0.25, 0.3) is 6.08 Å². The minimum absolute atomic E-state index is 0.0676. The predicted octanol–water partition coefficient (Wildman–Crippen LogP) is 1.99. The minimum atomic E-state index is -1.35. The zero-order valence-corrected chi connectivity index (χ0v) is 13.5. The van der Waals surface area contributed by atoms with Gasteiger partial charge in [-0.05, 0) is 36.8 Å². The van der Waals surface area contributed by atoms with Gasteiger partial charge in [-0.1, -0.05) is 30.3 Å². The van der Waals surface area contributed by atoms with Crippen LogP contribution in [0.2, 0.25) is 0 Å². The fraction of sp³-hybridized carbons (Fsp3) is 0.105. The lowest BCUT2D eigenvalue weighted by atomic mass is 10.1. The second-order valence-electron chi connectivity index (χ2n) is 4.96. The van der Waals surface area contributed by atoms with Crippen molar-refractivity contribution >= 4 is 23.6 Å². The Bertz CT molecular complexity index is 866. The number of anilines is 1. The summed E-state index contributed by atoms with van der Waals surface area (Å²) in [7, 11) is 0. The smallest absolute Gasteiger partial charge is 0.266 e. The zero-order chi connectivity index (χ0) is 18.2. The molecule has 6 heteroatoms. The monoisotopic (exact) mass is 335 g/mol. The van der Waals surface area contributed by atoms with E-state index in [0.29, 0.717) is 17.9 Å². The van der Waals surface area contributed by atoms with Crippen LogP contribution < -0.4 is 15.2 Å². The number of nitriles is 1. The number of amides is 1. The summed E-state index contributed by atoms with van der Waals surface area (Å²) in [5.41, 5.74) is 0.651. The Morgan fingerprint density at radius 1 is 1.24 bits per heavy atom. The third-order valence-corrected chi connectivity index (χ3v) is 3.24. The maximum Gasteiger partial charge on any atom is 0.266 e. The molecule has 0 unspecified atom stereocenters. The standard InChI is InChI=1S/C19H16N2O4/c1-2-25-17-9-4-3-6-13(17)10-15(12-20)18(22)21-16-8-5-7-14(11-16)19(23)24/h3-11H,2H2,1H3,(H,21,22)(H,23,24)/p-1/b15-10-. The Kier molecular flexibility index (Phi) is 5.91. The third-order valence-electron chi connectivity index (χ3n) is 3.24. The number of carboxylic acid groups (broad SMARTS) is 1. The van der Waals surface area contributed by atoms with E-state index in [9.17, 15) is 20.0 Å². The lowest BCUT2D eigenvalue weighted by Crippen LogP contribution is -2.22. The van der Waals surface area contributed by atoms with Crippen LogP contribution in [-0.4, -0.2) is 18.5 Å². The van der Waals surface area contributed by atoms with E-state index in [1.54, 1.807) is 24.3 Å². The van der Waals surface area contributed by atoms with Gasteiger partial charge >= 0.3 is 0 Å². The molecule has 2 aromatic rings. The Labute approximate surface area is 145 Å². The number of ether oxygens (including phenoxy) is 1. The number of para-hydroxylation sites is 1. The molecular formula is C19H15N2O4-. The van der Waals surface area contributed by atoms with Gasteiger partial charge in [0.25, 0.3) is 5.91 Å². The molecule has 1 amide bonds. The molecule has 0 bridgehead atoms. The molecule has 0 aliphatic heterocycles. The van der Waals surface area contributed by atoms with E-state index in [4.69, 9.17) is 4.74 Å². The molecule has 0 heterocycles. The Morgan fingerprint density at radius 2 is 2.00 bits per heavy atom. The van der Waals surface area contributed by atoms with Gasteiger partial charge in [0, 0.05) is 11.3 Å². The quantitative estimate of drug-likeness (QED) is 0.642. The van der Waals surface area contributed by atoms with E-state index in [1.165, 1.54) is 30.3 Å². The summed E-state index contributed by atoms with van der Waals surface area (Å²) in [6.45, 7) is 2.29. The number of carbonyl (C=O) groups is 2. The van der Waals surface area contributed by atoms with Crippen LogP contribution in [0.1, 0.15) is 22.8 Å². The van der Waals surface area contributed by atoms with Gasteiger partial charge in [0.1, 0.15) is 17.4 Å². The van der Waals surface area contributed by atoms with Crippen LogP contribution in [-0.2, 0) is 4.79 Å².